The summed E-state index contributed by atoms with van der Waals surface area (Å²) in [6.45, 7) is 3.82. The van der Waals surface area contributed by atoms with Crippen molar-refractivity contribution >= 4 is 11.9 Å². The van der Waals surface area contributed by atoms with E-state index in [-0.39, 0.29) is 48.2 Å². The molecule has 2 aliphatic heterocycles. The standard InChI is InChI=1S/C12H16O6/c1-5(13)16-9-7-3-15-4-8(7)10(17-6(2)14)12-11(9)18-12/h7-12H,3-4H2,1-2H3/t7-,8+,9+,10-,11+,12-. The van der Waals surface area contributed by atoms with Crippen molar-refractivity contribution < 1.29 is 28.5 Å². The quantitative estimate of drug-likeness (QED) is 0.507. The lowest BCUT2D eigenvalue weighted by atomic mass is 9.77. The molecule has 0 aromatic carbocycles. The van der Waals surface area contributed by atoms with Crippen LogP contribution in [-0.2, 0) is 28.5 Å². The Morgan fingerprint density at radius 1 is 0.944 bits per heavy atom. The Labute approximate surface area is 105 Å². The average Bonchev–Trinajstić information content (AvgIpc) is 2.91. The summed E-state index contributed by atoms with van der Waals surface area (Å²) in [7, 11) is 0. The van der Waals surface area contributed by atoms with Gasteiger partial charge in [0.15, 0.2) is 0 Å². The van der Waals surface area contributed by atoms with Crippen LogP contribution >= 0.6 is 0 Å². The molecule has 18 heavy (non-hydrogen) atoms. The normalized spacial score (nSPS) is 44.8. The van der Waals surface area contributed by atoms with E-state index in [9.17, 15) is 9.59 Å². The van der Waals surface area contributed by atoms with Crippen molar-refractivity contribution in [3.05, 3.63) is 0 Å². The summed E-state index contributed by atoms with van der Waals surface area (Å²) in [6.07, 6.45) is -0.846. The number of hydrogen-bond donors (Lipinski definition) is 0. The van der Waals surface area contributed by atoms with Crippen molar-refractivity contribution in [2.75, 3.05) is 13.2 Å². The number of carbonyl (C=O) groups is 2. The average molecular weight is 256 g/mol. The second-order valence-electron chi connectivity index (χ2n) is 5.08. The van der Waals surface area contributed by atoms with Gasteiger partial charge in [0.2, 0.25) is 0 Å². The first kappa shape index (κ1) is 11.9. The van der Waals surface area contributed by atoms with Gasteiger partial charge in [-0.2, -0.15) is 0 Å². The molecule has 0 radical (unpaired) electrons. The molecule has 0 spiro atoms. The fourth-order valence-electron chi connectivity index (χ4n) is 3.11. The highest BCUT2D eigenvalue weighted by Crippen LogP contribution is 2.48. The van der Waals surface area contributed by atoms with Crippen LogP contribution in [0.5, 0.6) is 0 Å². The molecule has 3 fully saturated rings. The van der Waals surface area contributed by atoms with Crippen molar-refractivity contribution in [1.82, 2.24) is 0 Å². The molecule has 6 nitrogen and oxygen atoms in total. The van der Waals surface area contributed by atoms with Gasteiger partial charge in [0, 0.05) is 25.7 Å². The van der Waals surface area contributed by atoms with Gasteiger partial charge in [-0.1, -0.05) is 0 Å². The van der Waals surface area contributed by atoms with Crippen molar-refractivity contribution in [3.8, 4) is 0 Å². The minimum absolute atomic E-state index is 0.0574. The van der Waals surface area contributed by atoms with Gasteiger partial charge in [0.05, 0.1) is 13.2 Å². The zero-order chi connectivity index (χ0) is 12.9. The number of rotatable bonds is 2. The molecule has 1 saturated carbocycles. The largest absolute Gasteiger partial charge is 0.459 e. The number of epoxide rings is 1. The zero-order valence-electron chi connectivity index (χ0n) is 10.3. The van der Waals surface area contributed by atoms with Crippen LogP contribution in [0, 0.1) is 11.8 Å². The lowest BCUT2D eigenvalue weighted by Crippen LogP contribution is -2.49. The monoisotopic (exact) mass is 256 g/mol. The molecule has 2 saturated heterocycles. The molecule has 0 N–H and O–H groups in total. The first-order chi connectivity index (χ1) is 8.58. The lowest BCUT2D eigenvalue weighted by molar-refractivity contribution is -0.160. The van der Waals surface area contributed by atoms with Gasteiger partial charge < -0.3 is 18.9 Å². The number of fused-ring (bicyclic) bond motifs is 2. The third kappa shape index (κ3) is 1.89. The minimum atomic E-state index is -0.314. The molecule has 6 heteroatoms. The Morgan fingerprint density at radius 3 is 1.78 bits per heavy atom. The maximum absolute atomic E-state index is 11.1. The van der Waals surface area contributed by atoms with Crippen LogP contribution < -0.4 is 0 Å². The van der Waals surface area contributed by atoms with Gasteiger partial charge in [-0.15, -0.1) is 0 Å². The highest BCUT2D eigenvalue weighted by molar-refractivity contribution is 5.67. The number of carbonyl (C=O) groups excluding carboxylic acids is 2. The number of hydrogen-bond acceptors (Lipinski definition) is 6. The van der Waals surface area contributed by atoms with Crippen LogP contribution in [0.15, 0.2) is 0 Å². The molecule has 100 valence electrons. The van der Waals surface area contributed by atoms with Crippen molar-refractivity contribution in [1.29, 1.82) is 0 Å². The molecule has 3 rings (SSSR count). The predicted molar refractivity (Wildman–Crippen MR) is 57.6 cm³/mol. The Balaban J connectivity index is 1.77. The summed E-state index contributed by atoms with van der Waals surface area (Å²) >= 11 is 0. The van der Waals surface area contributed by atoms with E-state index in [1.54, 1.807) is 0 Å². The SMILES string of the molecule is CC(=O)O[C@@H]1[C@H]2COC[C@H]2[C@H](OC(C)=O)[C@@H]2O[C@@H]21. The predicted octanol–water partition coefficient (Wildman–Crippen LogP) is -0.107. The van der Waals surface area contributed by atoms with E-state index < -0.39 is 0 Å². The molecule has 1 aliphatic carbocycles. The molecule has 0 aromatic rings. The van der Waals surface area contributed by atoms with Crippen LogP contribution in [0.4, 0.5) is 0 Å². The van der Waals surface area contributed by atoms with E-state index in [0.29, 0.717) is 13.2 Å². The molecule has 3 aliphatic rings. The summed E-state index contributed by atoms with van der Waals surface area (Å²) in [6, 6.07) is 0. The molecule has 0 bridgehead atoms. The Kier molecular flexibility index (Phi) is 2.79. The Morgan fingerprint density at radius 2 is 1.39 bits per heavy atom. The van der Waals surface area contributed by atoms with E-state index in [2.05, 4.69) is 0 Å². The first-order valence-corrected chi connectivity index (χ1v) is 6.15. The van der Waals surface area contributed by atoms with Gasteiger partial charge in [-0.05, 0) is 0 Å². The summed E-state index contributed by atoms with van der Waals surface area (Å²) in [5.41, 5.74) is 0. The fourth-order valence-corrected chi connectivity index (χ4v) is 3.11. The molecule has 6 atom stereocenters. The van der Waals surface area contributed by atoms with E-state index in [1.807, 2.05) is 0 Å². The topological polar surface area (TPSA) is 74.4 Å². The molecule has 0 amide bonds. The van der Waals surface area contributed by atoms with Crippen LogP contribution in [-0.4, -0.2) is 49.6 Å². The maximum atomic E-state index is 11.1. The van der Waals surface area contributed by atoms with E-state index in [0.717, 1.165) is 0 Å². The Bertz CT molecular complexity index is 347. The summed E-state index contributed by atoms with van der Waals surface area (Å²) in [5.74, 6) is -0.513. The fraction of sp³-hybridized carbons (Fsp3) is 0.833. The van der Waals surface area contributed by atoms with Gasteiger partial charge in [-0.3, -0.25) is 9.59 Å². The zero-order valence-corrected chi connectivity index (χ0v) is 10.3. The van der Waals surface area contributed by atoms with Crippen molar-refractivity contribution in [2.45, 2.75) is 38.3 Å². The van der Waals surface area contributed by atoms with Crippen LogP contribution in [0.3, 0.4) is 0 Å². The highest BCUT2D eigenvalue weighted by Gasteiger charge is 2.64. The summed E-state index contributed by atoms with van der Waals surface area (Å²) in [5, 5.41) is 0. The molecule has 0 aromatic heterocycles. The Hall–Kier alpha value is -1.14. The number of esters is 2. The third-order valence-corrected chi connectivity index (χ3v) is 3.83. The number of ether oxygens (including phenoxy) is 4. The van der Waals surface area contributed by atoms with E-state index in [4.69, 9.17) is 18.9 Å². The van der Waals surface area contributed by atoms with E-state index >= 15 is 0 Å². The molecule has 0 unspecified atom stereocenters. The summed E-state index contributed by atoms with van der Waals surface area (Å²) < 4.78 is 21.6. The minimum Gasteiger partial charge on any atom is -0.459 e. The van der Waals surface area contributed by atoms with Gasteiger partial charge >= 0.3 is 11.9 Å². The van der Waals surface area contributed by atoms with E-state index in [1.165, 1.54) is 13.8 Å². The molecule has 2 heterocycles. The van der Waals surface area contributed by atoms with Crippen LogP contribution in [0.1, 0.15) is 13.8 Å². The highest BCUT2D eigenvalue weighted by atomic mass is 16.7. The summed E-state index contributed by atoms with van der Waals surface area (Å²) in [4.78, 5) is 22.2. The smallest absolute Gasteiger partial charge is 0.303 e. The van der Waals surface area contributed by atoms with Crippen LogP contribution in [0.2, 0.25) is 0 Å². The van der Waals surface area contributed by atoms with Gasteiger partial charge in [0.1, 0.15) is 24.4 Å². The van der Waals surface area contributed by atoms with Crippen molar-refractivity contribution in [2.24, 2.45) is 11.8 Å². The first-order valence-electron chi connectivity index (χ1n) is 6.15. The maximum Gasteiger partial charge on any atom is 0.303 e. The molecular weight excluding hydrogens is 240 g/mol. The van der Waals surface area contributed by atoms with Crippen molar-refractivity contribution in [3.63, 3.8) is 0 Å². The lowest BCUT2D eigenvalue weighted by Gasteiger charge is -2.33. The van der Waals surface area contributed by atoms with Gasteiger partial charge in [0.25, 0.3) is 0 Å². The molecular formula is C12H16O6. The van der Waals surface area contributed by atoms with Crippen LogP contribution in [0.25, 0.3) is 0 Å². The third-order valence-electron chi connectivity index (χ3n) is 3.83. The second-order valence-corrected chi connectivity index (χ2v) is 5.08. The van der Waals surface area contributed by atoms with Gasteiger partial charge in [-0.25, -0.2) is 0 Å². The second kappa shape index (κ2) is 4.20.